The van der Waals surface area contributed by atoms with E-state index in [1.165, 1.54) is 12.8 Å². The molecular formula is C18H31N3O2S. The van der Waals surface area contributed by atoms with Crippen LogP contribution in [0.2, 0.25) is 0 Å². The molecule has 1 aliphatic carbocycles. The van der Waals surface area contributed by atoms with Crippen LogP contribution in [0, 0.1) is 0 Å². The van der Waals surface area contributed by atoms with Gasteiger partial charge in [0.15, 0.2) is 0 Å². The molecule has 0 spiro atoms. The third-order valence-electron chi connectivity index (χ3n) is 5.29. The number of hydrogen-bond donors (Lipinski definition) is 0. The van der Waals surface area contributed by atoms with Crippen molar-refractivity contribution in [3.8, 4) is 0 Å². The molecule has 0 radical (unpaired) electrons. The molecule has 2 heterocycles. The highest BCUT2D eigenvalue weighted by atomic mass is 32.2. The summed E-state index contributed by atoms with van der Waals surface area (Å²) >= 11 is 0. The van der Waals surface area contributed by atoms with E-state index in [0.717, 1.165) is 44.2 Å². The van der Waals surface area contributed by atoms with Crippen LogP contribution in [0.15, 0.2) is 11.1 Å². The van der Waals surface area contributed by atoms with Gasteiger partial charge >= 0.3 is 0 Å². The summed E-state index contributed by atoms with van der Waals surface area (Å²) in [6.45, 7) is 7.43. The van der Waals surface area contributed by atoms with E-state index in [1.54, 1.807) is 4.31 Å². The molecule has 0 atom stereocenters. The Balaban J connectivity index is 2.00. The van der Waals surface area contributed by atoms with Crippen molar-refractivity contribution in [2.45, 2.75) is 88.5 Å². The summed E-state index contributed by atoms with van der Waals surface area (Å²) in [6, 6.07) is 0.360. The quantitative estimate of drug-likeness (QED) is 0.829. The highest BCUT2D eigenvalue weighted by molar-refractivity contribution is 7.89. The maximum absolute atomic E-state index is 13.3. The predicted octanol–water partition coefficient (Wildman–Crippen LogP) is 3.86. The molecule has 0 aromatic carbocycles. The maximum Gasteiger partial charge on any atom is 0.246 e. The monoisotopic (exact) mass is 353 g/mol. The lowest BCUT2D eigenvalue weighted by Gasteiger charge is -2.22. The molecular weight excluding hydrogens is 322 g/mol. The molecule has 0 N–H and O–H groups in total. The summed E-state index contributed by atoms with van der Waals surface area (Å²) in [5, 5.41) is 4.76. The zero-order chi connectivity index (χ0) is 17.4. The summed E-state index contributed by atoms with van der Waals surface area (Å²) in [4.78, 5) is 0.434. The van der Waals surface area contributed by atoms with Crippen LogP contribution in [0.3, 0.4) is 0 Å². The molecule has 136 valence electrons. The second-order valence-electron chi connectivity index (χ2n) is 8.33. The summed E-state index contributed by atoms with van der Waals surface area (Å²) in [6.07, 6.45) is 10.6. The first-order valence-corrected chi connectivity index (χ1v) is 10.8. The lowest BCUT2D eigenvalue weighted by molar-refractivity contribution is 0.421. The maximum atomic E-state index is 13.3. The standard InChI is InChI=1S/C18H31N3O2S/c1-18(2,3)17-16(14-21(19-17)15-10-6-7-11-15)24(22,23)20-12-8-4-5-9-13-20/h14-15H,4-13H2,1-3H3. The Hall–Kier alpha value is -0.880. The molecule has 1 saturated heterocycles. The minimum Gasteiger partial charge on any atom is -0.268 e. The van der Waals surface area contributed by atoms with Gasteiger partial charge in [-0.3, -0.25) is 4.68 Å². The zero-order valence-corrected chi connectivity index (χ0v) is 16.1. The van der Waals surface area contributed by atoms with Gasteiger partial charge in [-0.1, -0.05) is 46.5 Å². The first-order chi connectivity index (χ1) is 11.3. The Bertz CT molecular complexity index is 659. The molecule has 2 fully saturated rings. The van der Waals surface area contributed by atoms with Crippen LogP contribution < -0.4 is 0 Å². The van der Waals surface area contributed by atoms with Crippen LogP contribution in [0.1, 0.15) is 83.9 Å². The summed E-state index contributed by atoms with van der Waals surface area (Å²) < 4.78 is 30.2. The van der Waals surface area contributed by atoms with E-state index < -0.39 is 10.0 Å². The number of rotatable bonds is 3. The van der Waals surface area contributed by atoms with Crippen LogP contribution in [-0.4, -0.2) is 35.6 Å². The van der Waals surface area contributed by atoms with Gasteiger partial charge in [0.2, 0.25) is 10.0 Å². The lowest BCUT2D eigenvalue weighted by atomic mass is 9.92. The Morgan fingerprint density at radius 2 is 1.58 bits per heavy atom. The van der Waals surface area contributed by atoms with Crippen molar-refractivity contribution in [2.24, 2.45) is 0 Å². The van der Waals surface area contributed by atoms with Crippen LogP contribution in [0.25, 0.3) is 0 Å². The van der Waals surface area contributed by atoms with Gasteiger partial charge in [-0.2, -0.15) is 9.40 Å². The molecule has 0 amide bonds. The van der Waals surface area contributed by atoms with Crippen molar-refractivity contribution < 1.29 is 8.42 Å². The summed E-state index contributed by atoms with van der Waals surface area (Å²) in [5.74, 6) is 0. The van der Waals surface area contributed by atoms with Crippen LogP contribution in [0.5, 0.6) is 0 Å². The SMILES string of the molecule is CC(C)(C)c1nn(C2CCCC2)cc1S(=O)(=O)N1CCCCCC1. The van der Waals surface area contributed by atoms with Gasteiger partial charge < -0.3 is 0 Å². The van der Waals surface area contributed by atoms with Gasteiger partial charge in [-0.15, -0.1) is 0 Å². The van der Waals surface area contributed by atoms with E-state index in [9.17, 15) is 8.42 Å². The van der Waals surface area contributed by atoms with E-state index in [0.29, 0.717) is 24.0 Å². The van der Waals surface area contributed by atoms with Gasteiger partial charge in [0, 0.05) is 24.7 Å². The molecule has 2 aliphatic rings. The molecule has 5 nitrogen and oxygen atoms in total. The van der Waals surface area contributed by atoms with Crippen molar-refractivity contribution in [2.75, 3.05) is 13.1 Å². The smallest absolute Gasteiger partial charge is 0.246 e. The Labute approximate surface area is 146 Å². The van der Waals surface area contributed by atoms with Gasteiger partial charge in [0.1, 0.15) is 4.90 Å². The first kappa shape index (κ1) is 17.9. The third-order valence-corrected chi connectivity index (χ3v) is 7.19. The van der Waals surface area contributed by atoms with Crippen LogP contribution in [0.4, 0.5) is 0 Å². The summed E-state index contributed by atoms with van der Waals surface area (Å²) in [5.41, 5.74) is 0.441. The van der Waals surface area contributed by atoms with E-state index in [1.807, 2.05) is 10.9 Å². The van der Waals surface area contributed by atoms with E-state index >= 15 is 0 Å². The van der Waals surface area contributed by atoms with Crippen molar-refractivity contribution in [1.82, 2.24) is 14.1 Å². The average molecular weight is 354 g/mol. The topological polar surface area (TPSA) is 55.2 Å². The van der Waals surface area contributed by atoms with Crippen molar-refractivity contribution in [1.29, 1.82) is 0 Å². The molecule has 1 aromatic heterocycles. The predicted molar refractivity (Wildman–Crippen MR) is 95.7 cm³/mol. The molecule has 0 bridgehead atoms. The van der Waals surface area contributed by atoms with E-state index in [-0.39, 0.29) is 5.41 Å². The minimum absolute atomic E-state index is 0.280. The van der Waals surface area contributed by atoms with Crippen LogP contribution >= 0.6 is 0 Å². The van der Waals surface area contributed by atoms with Crippen molar-refractivity contribution in [3.05, 3.63) is 11.9 Å². The fraction of sp³-hybridized carbons (Fsp3) is 0.833. The zero-order valence-electron chi connectivity index (χ0n) is 15.3. The third kappa shape index (κ3) is 3.54. The number of sulfonamides is 1. The van der Waals surface area contributed by atoms with E-state index in [2.05, 4.69) is 20.8 Å². The highest BCUT2D eigenvalue weighted by Gasteiger charge is 2.35. The fourth-order valence-electron chi connectivity index (χ4n) is 3.86. The first-order valence-electron chi connectivity index (χ1n) is 9.40. The molecule has 0 unspecified atom stereocenters. The Morgan fingerprint density at radius 3 is 2.12 bits per heavy atom. The van der Waals surface area contributed by atoms with Crippen molar-refractivity contribution >= 4 is 10.0 Å². The number of hydrogen-bond acceptors (Lipinski definition) is 3. The second-order valence-corrected chi connectivity index (χ2v) is 10.2. The normalized spacial score (nSPS) is 22.0. The summed E-state index contributed by atoms with van der Waals surface area (Å²) in [7, 11) is -3.46. The van der Waals surface area contributed by atoms with Gasteiger partial charge in [-0.05, 0) is 25.7 Å². The highest BCUT2D eigenvalue weighted by Crippen LogP contribution is 2.35. The molecule has 1 saturated carbocycles. The van der Waals surface area contributed by atoms with Gasteiger partial charge in [0.25, 0.3) is 0 Å². The molecule has 3 rings (SSSR count). The molecule has 1 aliphatic heterocycles. The van der Waals surface area contributed by atoms with Gasteiger partial charge in [0.05, 0.1) is 11.7 Å². The Kier molecular flexibility index (Phi) is 5.07. The van der Waals surface area contributed by atoms with Crippen LogP contribution in [-0.2, 0) is 15.4 Å². The van der Waals surface area contributed by atoms with Crippen molar-refractivity contribution in [3.63, 3.8) is 0 Å². The number of nitrogens with zero attached hydrogens (tertiary/aromatic N) is 3. The molecule has 24 heavy (non-hydrogen) atoms. The fourth-order valence-corrected chi connectivity index (χ4v) is 5.71. The second kappa shape index (κ2) is 6.79. The molecule has 6 heteroatoms. The minimum atomic E-state index is -3.46. The average Bonchev–Trinajstić information content (AvgIpc) is 3.10. The molecule has 1 aromatic rings. The van der Waals surface area contributed by atoms with Gasteiger partial charge in [-0.25, -0.2) is 8.42 Å². The Morgan fingerprint density at radius 1 is 1.00 bits per heavy atom. The van der Waals surface area contributed by atoms with E-state index in [4.69, 9.17) is 5.10 Å². The number of aromatic nitrogens is 2. The lowest BCUT2D eigenvalue weighted by Crippen LogP contribution is -2.33. The largest absolute Gasteiger partial charge is 0.268 e.